The molecule has 0 saturated heterocycles. The summed E-state index contributed by atoms with van der Waals surface area (Å²) in [6.45, 7) is 3.23. The van der Waals surface area contributed by atoms with Gasteiger partial charge in [-0.1, -0.05) is 40.0 Å². The zero-order chi connectivity index (χ0) is 13.7. The van der Waals surface area contributed by atoms with Crippen molar-refractivity contribution in [3.05, 3.63) is 0 Å². The predicted octanol–water partition coefficient (Wildman–Crippen LogP) is 3.57. The van der Waals surface area contributed by atoms with Gasteiger partial charge in [0.15, 0.2) is 0 Å². The van der Waals surface area contributed by atoms with E-state index < -0.39 is 14.6 Å². The van der Waals surface area contributed by atoms with Gasteiger partial charge >= 0.3 is 6.09 Å². The molecule has 0 aliphatic carbocycles. The Hall–Kier alpha value is -0.350. The highest BCUT2D eigenvalue weighted by Crippen LogP contribution is 2.40. The van der Waals surface area contributed by atoms with Crippen molar-refractivity contribution in [1.82, 2.24) is 4.31 Å². The van der Waals surface area contributed by atoms with Crippen LogP contribution in [0.25, 0.3) is 0 Å². The summed E-state index contributed by atoms with van der Waals surface area (Å²) in [6, 6.07) is 1.96. The second kappa shape index (κ2) is 6.55. The van der Waals surface area contributed by atoms with E-state index in [1.165, 1.54) is 13.3 Å². The summed E-state index contributed by atoms with van der Waals surface area (Å²) in [6.07, 6.45) is 0.393. The van der Waals surface area contributed by atoms with E-state index >= 15 is 0 Å². The third-order valence-corrected chi connectivity index (χ3v) is 2.54. The third kappa shape index (κ3) is 8.38. The molecule has 0 aliphatic rings. The van der Waals surface area contributed by atoms with Gasteiger partial charge in [-0.2, -0.15) is 5.26 Å². The van der Waals surface area contributed by atoms with Crippen LogP contribution in [0.1, 0.15) is 13.8 Å². The first-order valence-electron chi connectivity index (χ1n) is 4.24. The van der Waals surface area contributed by atoms with Gasteiger partial charge < -0.3 is 0 Å². The Morgan fingerprint density at radius 1 is 1.53 bits per heavy atom. The number of hydrogen-bond donors (Lipinski definition) is 0. The molecule has 96 valence electrons. The highest BCUT2D eigenvalue weighted by molar-refractivity contribution is 8.03. The van der Waals surface area contributed by atoms with Gasteiger partial charge in [0.2, 0.25) is 0 Å². The SMILES string of the molecule is CN(SC(Cl)(Cl)Cl)C(=O)ON=CC(C)(C)C#N. The molecule has 0 aromatic carbocycles. The molecular formula is C8H10Cl3N3O2S. The zero-order valence-corrected chi connectivity index (χ0v) is 12.4. The van der Waals surface area contributed by atoms with Gasteiger partial charge in [0.1, 0.15) is 0 Å². The lowest BCUT2D eigenvalue weighted by molar-refractivity contribution is 0.137. The fourth-order valence-corrected chi connectivity index (χ4v) is 1.83. The van der Waals surface area contributed by atoms with Gasteiger partial charge in [0, 0.05) is 19.0 Å². The highest BCUT2D eigenvalue weighted by atomic mass is 35.6. The van der Waals surface area contributed by atoms with Gasteiger partial charge in [0.05, 0.1) is 17.7 Å². The number of halogens is 3. The normalized spacial score (nSPS) is 12.3. The first-order chi connectivity index (χ1) is 7.57. The summed E-state index contributed by atoms with van der Waals surface area (Å²) in [5.41, 5.74) is -0.818. The van der Waals surface area contributed by atoms with E-state index in [-0.39, 0.29) is 0 Å². The third-order valence-electron chi connectivity index (χ3n) is 1.29. The first kappa shape index (κ1) is 16.6. The summed E-state index contributed by atoms with van der Waals surface area (Å²) >= 11 is 17.0. The summed E-state index contributed by atoms with van der Waals surface area (Å²) < 4.78 is -0.687. The molecule has 17 heavy (non-hydrogen) atoms. The van der Waals surface area contributed by atoms with Gasteiger partial charge in [-0.15, -0.1) is 0 Å². The number of rotatable bonds is 3. The zero-order valence-electron chi connectivity index (χ0n) is 9.28. The minimum atomic E-state index is -1.66. The Balaban J connectivity index is 4.25. The van der Waals surface area contributed by atoms with Crippen LogP contribution in [0.2, 0.25) is 0 Å². The maximum atomic E-state index is 11.3. The first-order valence-corrected chi connectivity index (χ1v) is 6.14. The molecule has 0 atom stereocenters. The van der Waals surface area contributed by atoms with Crippen molar-refractivity contribution in [2.24, 2.45) is 10.6 Å². The number of oxime groups is 1. The Morgan fingerprint density at radius 2 is 2.06 bits per heavy atom. The van der Waals surface area contributed by atoms with Gasteiger partial charge in [-0.05, 0) is 13.8 Å². The van der Waals surface area contributed by atoms with Crippen molar-refractivity contribution < 1.29 is 9.63 Å². The van der Waals surface area contributed by atoms with Crippen LogP contribution in [0, 0.1) is 16.7 Å². The number of amides is 1. The van der Waals surface area contributed by atoms with Crippen molar-refractivity contribution in [2.45, 2.75) is 17.0 Å². The lowest BCUT2D eigenvalue weighted by Crippen LogP contribution is -2.22. The van der Waals surface area contributed by atoms with Crippen molar-refractivity contribution in [3.8, 4) is 6.07 Å². The van der Waals surface area contributed by atoms with Crippen molar-refractivity contribution in [1.29, 1.82) is 5.26 Å². The van der Waals surface area contributed by atoms with Crippen LogP contribution in [-0.4, -0.2) is 26.8 Å². The molecule has 0 rings (SSSR count). The molecular weight excluding hydrogens is 309 g/mol. The van der Waals surface area contributed by atoms with Crippen LogP contribution in [-0.2, 0) is 4.84 Å². The van der Waals surface area contributed by atoms with E-state index in [1.807, 2.05) is 6.07 Å². The Labute approximate surface area is 119 Å². The fraction of sp³-hybridized carbons (Fsp3) is 0.625. The van der Waals surface area contributed by atoms with Crippen molar-refractivity contribution in [3.63, 3.8) is 0 Å². The number of hydrogen-bond acceptors (Lipinski definition) is 5. The van der Waals surface area contributed by atoms with Gasteiger partial charge in [-0.25, -0.2) is 9.10 Å². The van der Waals surface area contributed by atoms with Crippen LogP contribution in [0.15, 0.2) is 5.16 Å². The van der Waals surface area contributed by atoms with E-state index in [0.29, 0.717) is 11.9 Å². The Morgan fingerprint density at radius 3 is 2.47 bits per heavy atom. The average molecular weight is 319 g/mol. The van der Waals surface area contributed by atoms with E-state index in [9.17, 15) is 4.79 Å². The van der Waals surface area contributed by atoms with Crippen LogP contribution in [0.5, 0.6) is 0 Å². The molecule has 0 saturated carbocycles. The number of carbonyl (C=O) groups is 1. The molecule has 0 bridgehead atoms. The number of nitriles is 1. The summed E-state index contributed by atoms with van der Waals surface area (Å²) in [4.78, 5) is 15.8. The monoisotopic (exact) mass is 317 g/mol. The maximum absolute atomic E-state index is 11.3. The minimum absolute atomic E-state index is 0.645. The molecule has 0 aromatic heterocycles. The van der Waals surface area contributed by atoms with E-state index in [4.69, 9.17) is 40.1 Å². The van der Waals surface area contributed by atoms with Gasteiger partial charge in [-0.3, -0.25) is 4.84 Å². The molecule has 0 fully saturated rings. The minimum Gasteiger partial charge on any atom is -0.298 e. The van der Waals surface area contributed by atoms with Crippen LogP contribution in [0.3, 0.4) is 0 Å². The Bertz CT molecular complexity index is 349. The number of alkyl halides is 3. The topological polar surface area (TPSA) is 65.7 Å². The lowest BCUT2D eigenvalue weighted by atomic mass is 9.98. The summed E-state index contributed by atoms with van der Waals surface area (Å²) in [5, 5.41) is 12.1. The van der Waals surface area contributed by atoms with Crippen LogP contribution >= 0.6 is 46.8 Å². The predicted molar refractivity (Wildman–Crippen MR) is 70.0 cm³/mol. The quantitative estimate of drug-likeness (QED) is 0.262. The van der Waals surface area contributed by atoms with Crippen LogP contribution < -0.4 is 0 Å². The fourth-order valence-electron chi connectivity index (χ4n) is 0.482. The molecule has 0 N–H and O–H groups in total. The van der Waals surface area contributed by atoms with E-state index in [1.54, 1.807) is 13.8 Å². The summed E-state index contributed by atoms with van der Waals surface area (Å²) in [5.74, 6) is 0. The smallest absolute Gasteiger partial charge is 0.298 e. The molecule has 0 spiro atoms. The van der Waals surface area contributed by atoms with E-state index in [2.05, 4.69) is 9.99 Å². The van der Waals surface area contributed by atoms with Crippen LogP contribution in [0.4, 0.5) is 4.79 Å². The molecule has 1 amide bonds. The molecule has 0 aromatic rings. The second-order valence-electron chi connectivity index (χ2n) is 3.46. The molecule has 0 unspecified atom stereocenters. The second-order valence-corrected chi connectivity index (χ2v) is 7.76. The average Bonchev–Trinajstić information content (AvgIpc) is 2.14. The molecule has 5 nitrogen and oxygen atoms in total. The lowest BCUT2D eigenvalue weighted by Gasteiger charge is -2.17. The molecule has 0 aliphatic heterocycles. The maximum Gasteiger partial charge on any atom is 0.445 e. The summed E-state index contributed by atoms with van der Waals surface area (Å²) in [7, 11) is 1.36. The van der Waals surface area contributed by atoms with E-state index in [0.717, 1.165) is 4.31 Å². The number of nitrogens with zero attached hydrogens (tertiary/aromatic N) is 3. The standard InChI is InChI=1S/C8H10Cl3N3O2S/c1-7(2,4-12)5-13-16-6(15)14(3)17-8(9,10)11/h5H,1-3H3. The largest absolute Gasteiger partial charge is 0.445 e. The molecule has 0 radical (unpaired) electrons. The molecule has 9 heteroatoms. The van der Waals surface area contributed by atoms with Crippen molar-refractivity contribution in [2.75, 3.05) is 7.05 Å². The number of carbonyl (C=O) groups excluding carboxylic acids is 1. The molecule has 0 heterocycles. The highest BCUT2D eigenvalue weighted by Gasteiger charge is 2.27. The van der Waals surface area contributed by atoms with Gasteiger partial charge in [0.25, 0.3) is 3.12 Å². The van der Waals surface area contributed by atoms with Crippen molar-refractivity contribution >= 4 is 59.1 Å². The Kier molecular flexibility index (Phi) is 6.41.